The van der Waals surface area contributed by atoms with Gasteiger partial charge in [-0.15, -0.1) is 11.3 Å². The topological polar surface area (TPSA) is 48.1 Å². The van der Waals surface area contributed by atoms with E-state index in [0.717, 1.165) is 28.4 Å². The second-order valence-corrected chi connectivity index (χ2v) is 5.83. The van der Waals surface area contributed by atoms with Crippen molar-refractivity contribution in [3.8, 4) is 17.0 Å². The summed E-state index contributed by atoms with van der Waals surface area (Å²) in [6, 6.07) is 8.01. The summed E-state index contributed by atoms with van der Waals surface area (Å²) in [5.74, 6) is 1.30. The lowest BCUT2D eigenvalue weighted by molar-refractivity contribution is 0.416. The first kappa shape index (κ1) is 14.0. The average Bonchev–Trinajstić information content (AvgIpc) is 2.83. The first-order valence-corrected chi connectivity index (χ1v) is 7.32. The number of nitrogens with zero attached hydrogens (tertiary/aromatic N) is 1. The third-order valence-electron chi connectivity index (χ3n) is 2.94. The second kappa shape index (κ2) is 6.17. The molecule has 0 spiro atoms. The number of nitrogens with two attached hydrogens (primary N) is 1. The molecule has 102 valence electrons. The van der Waals surface area contributed by atoms with E-state index >= 15 is 0 Å². The fraction of sp³-hybridized carbons (Fsp3) is 0.400. The highest BCUT2D eigenvalue weighted by Gasteiger charge is 2.17. The van der Waals surface area contributed by atoms with Crippen LogP contribution in [0.5, 0.6) is 5.75 Å². The molecule has 0 saturated carbocycles. The zero-order valence-corrected chi connectivity index (χ0v) is 12.5. The van der Waals surface area contributed by atoms with E-state index in [0.29, 0.717) is 12.5 Å². The Labute approximate surface area is 118 Å². The van der Waals surface area contributed by atoms with Gasteiger partial charge in [0.1, 0.15) is 5.75 Å². The predicted molar refractivity (Wildman–Crippen MR) is 80.9 cm³/mol. The lowest BCUT2D eigenvalue weighted by atomic mass is 10.1. The van der Waals surface area contributed by atoms with Gasteiger partial charge in [0.25, 0.3) is 0 Å². The molecule has 0 fully saturated rings. The maximum atomic E-state index is 5.71. The van der Waals surface area contributed by atoms with Gasteiger partial charge in [0.15, 0.2) is 0 Å². The van der Waals surface area contributed by atoms with Gasteiger partial charge in [-0.2, -0.15) is 0 Å². The highest BCUT2D eigenvalue weighted by molar-refractivity contribution is 7.12. The van der Waals surface area contributed by atoms with E-state index in [1.165, 1.54) is 4.88 Å². The number of thiazole rings is 1. The number of benzene rings is 1. The monoisotopic (exact) mass is 276 g/mol. The number of hydrogen-bond acceptors (Lipinski definition) is 4. The van der Waals surface area contributed by atoms with Crippen LogP contribution in [0.1, 0.15) is 29.7 Å². The Balaban J connectivity index is 2.53. The molecule has 0 bridgehead atoms. The molecule has 2 aromatic rings. The van der Waals surface area contributed by atoms with E-state index < -0.39 is 0 Å². The summed E-state index contributed by atoms with van der Waals surface area (Å²) in [4.78, 5) is 6.04. The SMILES string of the molecule is COc1ccccc1-c1nc(C(C)C)sc1CCN. The number of aromatic nitrogens is 1. The summed E-state index contributed by atoms with van der Waals surface area (Å²) in [7, 11) is 1.69. The number of rotatable bonds is 5. The van der Waals surface area contributed by atoms with Crippen molar-refractivity contribution in [3.63, 3.8) is 0 Å². The van der Waals surface area contributed by atoms with Crippen molar-refractivity contribution in [2.75, 3.05) is 13.7 Å². The van der Waals surface area contributed by atoms with Crippen molar-refractivity contribution in [3.05, 3.63) is 34.2 Å². The smallest absolute Gasteiger partial charge is 0.128 e. The largest absolute Gasteiger partial charge is 0.496 e. The van der Waals surface area contributed by atoms with Gasteiger partial charge in [0.05, 0.1) is 17.8 Å². The van der Waals surface area contributed by atoms with Crippen LogP contribution in [-0.2, 0) is 6.42 Å². The quantitative estimate of drug-likeness (QED) is 0.910. The van der Waals surface area contributed by atoms with Crippen LogP contribution < -0.4 is 10.5 Å². The Kier molecular flexibility index (Phi) is 4.56. The van der Waals surface area contributed by atoms with Crippen molar-refractivity contribution in [1.82, 2.24) is 4.98 Å². The number of para-hydroxylation sites is 1. The molecule has 19 heavy (non-hydrogen) atoms. The molecule has 4 heteroatoms. The Morgan fingerprint density at radius 2 is 2.05 bits per heavy atom. The van der Waals surface area contributed by atoms with Crippen LogP contribution in [-0.4, -0.2) is 18.6 Å². The molecule has 0 aliphatic rings. The maximum absolute atomic E-state index is 5.71. The van der Waals surface area contributed by atoms with E-state index in [2.05, 4.69) is 19.9 Å². The first-order valence-electron chi connectivity index (χ1n) is 6.50. The van der Waals surface area contributed by atoms with Crippen molar-refractivity contribution in [2.45, 2.75) is 26.2 Å². The highest BCUT2D eigenvalue weighted by atomic mass is 32.1. The lowest BCUT2D eigenvalue weighted by Crippen LogP contribution is -2.02. The highest BCUT2D eigenvalue weighted by Crippen LogP contribution is 2.36. The van der Waals surface area contributed by atoms with Gasteiger partial charge in [0, 0.05) is 16.4 Å². The van der Waals surface area contributed by atoms with Crippen LogP contribution in [0, 0.1) is 0 Å². The van der Waals surface area contributed by atoms with Crippen molar-refractivity contribution in [2.24, 2.45) is 5.73 Å². The van der Waals surface area contributed by atoms with Gasteiger partial charge in [-0.05, 0) is 25.1 Å². The number of hydrogen-bond donors (Lipinski definition) is 1. The van der Waals surface area contributed by atoms with Crippen molar-refractivity contribution >= 4 is 11.3 Å². The molecular formula is C15H20N2OS. The molecule has 2 N–H and O–H groups in total. The predicted octanol–water partition coefficient (Wildman–Crippen LogP) is 3.44. The molecule has 3 nitrogen and oxygen atoms in total. The van der Waals surface area contributed by atoms with E-state index in [1.54, 1.807) is 18.4 Å². The summed E-state index contributed by atoms with van der Waals surface area (Å²) in [5.41, 5.74) is 7.79. The molecule has 0 radical (unpaired) electrons. The molecule has 0 aliphatic heterocycles. The molecule has 2 rings (SSSR count). The van der Waals surface area contributed by atoms with Gasteiger partial charge in [-0.25, -0.2) is 4.98 Å². The van der Waals surface area contributed by atoms with Gasteiger partial charge < -0.3 is 10.5 Å². The molecule has 1 heterocycles. The molecule has 0 amide bonds. The van der Waals surface area contributed by atoms with E-state index in [4.69, 9.17) is 15.5 Å². The first-order chi connectivity index (χ1) is 9.17. The number of methoxy groups -OCH3 is 1. The van der Waals surface area contributed by atoms with Gasteiger partial charge in [-0.1, -0.05) is 26.0 Å². The Bertz CT molecular complexity index is 549. The molecule has 0 saturated heterocycles. The van der Waals surface area contributed by atoms with Crippen LogP contribution in [0.3, 0.4) is 0 Å². The zero-order chi connectivity index (χ0) is 13.8. The van der Waals surface area contributed by atoms with Crippen LogP contribution in [0.4, 0.5) is 0 Å². The number of ether oxygens (including phenoxy) is 1. The van der Waals surface area contributed by atoms with Crippen LogP contribution in [0.25, 0.3) is 11.3 Å². The summed E-state index contributed by atoms with van der Waals surface area (Å²) in [6.45, 7) is 4.97. The minimum absolute atomic E-state index is 0.435. The second-order valence-electron chi connectivity index (χ2n) is 4.72. The third-order valence-corrected chi connectivity index (χ3v) is 4.36. The zero-order valence-electron chi connectivity index (χ0n) is 11.6. The summed E-state index contributed by atoms with van der Waals surface area (Å²) in [5, 5.41) is 1.16. The maximum Gasteiger partial charge on any atom is 0.128 e. The average molecular weight is 276 g/mol. The fourth-order valence-corrected chi connectivity index (χ4v) is 3.07. The van der Waals surface area contributed by atoms with E-state index in [9.17, 15) is 0 Å². The van der Waals surface area contributed by atoms with Gasteiger partial charge in [0.2, 0.25) is 0 Å². The Morgan fingerprint density at radius 3 is 2.68 bits per heavy atom. The summed E-state index contributed by atoms with van der Waals surface area (Å²) >= 11 is 1.76. The molecular weight excluding hydrogens is 256 g/mol. The molecule has 0 atom stereocenters. The third kappa shape index (κ3) is 2.96. The normalized spacial score (nSPS) is 11.0. The minimum atomic E-state index is 0.435. The van der Waals surface area contributed by atoms with E-state index in [1.807, 2.05) is 18.2 Å². The van der Waals surface area contributed by atoms with Crippen molar-refractivity contribution < 1.29 is 4.74 Å². The molecule has 0 unspecified atom stereocenters. The van der Waals surface area contributed by atoms with Crippen LogP contribution in [0.2, 0.25) is 0 Å². The summed E-state index contributed by atoms with van der Waals surface area (Å²) in [6.07, 6.45) is 0.859. The standard InChI is InChI=1S/C15H20N2OS/c1-10(2)15-17-14(13(19-15)8-9-16)11-6-4-5-7-12(11)18-3/h4-7,10H,8-9,16H2,1-3H3. The fourth-order valence-electron chi connectivity index (χ4n) is 1.97. The van der Waals surface area contributed by atoms with Crippen LogP contribution in [0.15, 0.2) is 24.3 Å². The molecule has 0 aliphatic carbocycles. The molecule has 1 aromatic carbocycles. The van der Waals surface area contributed by atoms with Gasteiger partial charge in [-0.3, -0.25) is 0 Å². The minimum Gasteiger partial charge on any atom is -0.496 e. The van der Waals surface area contributed by atoms with Crippen molar-refractivity contribution in [1.29, 1.82) is 0 Å². The van der Waals surface area contributed by atoms with Gasteiger partial charge >= 0.3 is 0 Å². The van der Waals surface area contributed by atoms with E-state index in [-0.39, 0.29) is 0 Å². The molecule has 1 aromatic heterocycles. The Morgan fingerprint density at radius 1 is 1.32 bits per heavy atom. The van der Waals surface area contributed by atoms with Crippen LogP contribution >= 0.6 is 11.3 Å². The lowest BCUT2D eigenvalue weighted by Gasteiger charge is -2.07. The Hall–Kier alpha value is -1.39. The summed E-state index contributed by atoms with van der Waals surface area (Å²) < 4.78 is 5.44.